The van der Waals surface area contributed by atoms with Crippen LogP contribution in [0.1, 0.15) is 36.4 Å². The van der Waals surface area contributed by atoms with E-state index in [-0.39, 0.29) is 0 Å². The Bertz CT molecular complexity index is 486. The first-order valence-corrected chi connectivity index (χ1v) is 6.07. The van der Waals surface area contributed by atoms with E-state index in [1.54, 1.807) is 24.3 Å². The molecule has 1 aromatic carbocycles. The third kappa shape index (κ3) is 2.64. The van der Waals surface area contributed by atoms with Crippen molar-refractivity contribution >= 4 is 11.9 Å². The smallest absolute Gasteiger partial charge is 0.304 e. The Hall–Kier alpha value is -1.96. The van der Waals surface area contributed by atoms with Gasteiger partial charge in [0.2, 0.25) is 0 Å². The van der Waals surface area contributed by atoms with Crippen LogP contribution in [0.15, 0.2) is 24.3 Å². The molecule has 1 heterocycles. The van der Waals surface area contributed by atoms with Gasteiger partial charge in [-0.1, -0.05) is 24.3 Å². The Kier molecular flexibility index (Phi) is 4.03. The van der Waals surface area contributed by atoms with Gasteiger partial charge in [-0.25, -0.2) is 4.90 Å². The van der Waals surface area contributed by atoms with Crippen LogP contribution >= 0.6 is 0 Å². The summed E-state index contributed by atoms with van der Waals surface area (Å²) in [5.74, 6) is -2.38. The lowest BCUT2D eigenvalue weighted by molar-refractivity contribution is -0.151. The van der Waals surface area contributed by atoms with Crippen molar-refractivity contribution in [3.05, 3.63) is 35.4 Å². The number of carboxylic acid groups (broad SMARTS) is 2. The molecule has 7 nitrogen and oxygen atoms in total. The van der Waals surface area contributed by atoms with Gasteiger partial charge in [-0.05, 0) is 0 Å². The fourth-order valence-corrected chi connectivity index (χ4v) is 2.52. The summed E-state index contributed by atoms with van der Waals surface area (Å²) in [6, 6.07) is 5.59. The van der Waals surface area contributed by atoms with Crippen molar-refractivity contribution in [2.45, 2.75) is 31.3 Å². The molecule has 2 atom stereocenters. The van der Waals surface area contributed by atoms with E-state index in [2.05, 4.69) is 0 Å². The molecule has 0 saturated heterocycles. The van der Waals surface area contributed by atoms with Crippen molar-refractivity contribution in [2.75, 3.05) is 0 Å². The van der Waals surface area contributed by atoms with Crippen LogP contribution in [-0.4, -0.2) is 43.3 Å². The van der Waals surface area contributed by atoms with Crippen LogP contribution in [0.4, 0.5) is 0 Å². The number of carboxylic acids is 2. The molecule has 0 spiro atoms. The Labute approximate surface area is 114 Å². The molecule has 20 heavy (non-hydrogen) atoms. The third-order valence-corrected chi connectivity index (χ3v) is 3.36. The summed E-state index contributed by atoms with van der Waals surface area (Å²) in [4.78, 5) is 22.8. The molecule has 0 bridgehead atoms. The van der Waals surface area contributed by atoms with Crippen molar-refractivity contribution in [1.82, 2.24) is 4.90 Å². The fraction of sp³-hybridized carbons (Fsp3) is 0.385. The average Bonchev–Trinajstić information content (AvgIpc) is 2.61. The Balaban J connectivity index is 2.30. The van der Waals surface area contributed by atoms with Gasteiger partial charge in [-0.2, -0.15) is 0 Å². The predicted octanol–water partition coefficient (Wildman–Crippen LogP) is 0.302. The van der Waals surface area contributed by atoms with Crippen molar-refractivity contribution < 1.29 is 30.0 Å². The number of fused-ring (bicyclic) bond motifs is 1. The first-order valence-electron chi connectivity index (χ1n) is 6.07. The largest absolute Gasteiger partial charge is 0.481 e. The van der Waals surface area contributed by atoms with Gasteiger partial charge in [-0.15, -0.1) is 0 Å². The quantitative estimate of drug-likeness (QED) is 0.613. The molecule has 108 valence electrons. The summed E-state index contributed by atoms with van der Waals surface area (Å²) >= 11 is 0. The molecule has 7 heteroatoms. The van der Waals surface area contributed by atoms with E-state index >= 15 is 0 Å². The SMILES string of the molecule is O=C(O)CC(CC(=O)O)N1C(O)c2ccccc2C1O. The highest BCUT2D eigenvalue weighted by Crippen LogP contribution is 2.41. The van der Waals surface area contributed by atoms with Gasteiger partial charge >= 0.3 is 11.9 Å². The number of nitrogens with zero attached hydrogens (tertiary/aromatic N) is 1. The predicted molar refractivity (Wildman–Crippen MR) is 66.5 cm³/mol. The number of hydrogen-bond acceptors (Lipinski definition) is 5. The summed E-state index contributed by atoms with van der Waals surface area (Å²) in [5.41, 5.74) is 0.918. The monoisotopic (exact) mass is 281 g/mol. The van der Waals surface area contributed by atoms with E-state index in [9.17, 15) is 19.8 Å². The second-order valence-electron chi connectivity index (χ2n) is 4.67. The van der Waals surface area contributed by atoms with Crippen LogP contribution in [0.25, 0.3) is 0 Å². The van der Waals surface area contributed by atoms with E-state index in [0.717, 1.165) is 4.90 Å². The number of aliphatic hydroxyl groups excluding tert-OH is 2. The second kappa shape index (κ2) is 5.58. The maximum atomic E-state index is 10.9. The first kappa shape index (κ1) is 14.4. The minimum absolute atomic E-state index is 0.459. The van der Waals surface area contributed by atoms with Gasteiger partial charge in [0.05, 0.1) is 12.8 Å². The normalized spacial score (nSPS) is 21.9. The summed E-state index contributed by atoms with van der Waals surface area (Å²) in [5, 5.41) is 38.1. The number of carbonyl (C=O) groups is 2. The van der Waals surface area contributed by atoms with E-state index in [0.29, 0.717) is 11.1 Å². The Morgan fingerprint density at radius 2 is 1.40 bits per heavy atom. The van der Waals surface area contributed by atoms with Crippen molar-refractivity contribution in [1.29, 1.82) is 0 Å². The number of benzene rings is 1. The molecule has 0 aliphatic carbocycles. The summed E-state index contributed by atoms with van der Waals surface area (Å²) in [7, 11) is 0. The van der Waals surface area contributed by atoms with Gasteiger partial charge in [0.15, 0.2) is 0 Å². The lowest BCUT2D eigenvalue weighted by atomic mass is 10.1. The zero-order chi connectivity index (χ0) is 14.9. The van der Waals surface area contributed by atoms with Gasteiger partial charge in [0, 0.05) is 17.2 Å². The van der Waals surface area contributed by atoms with E-state index in [1.165, 1.54) is 0 Å². The second-order valence-corrected chi connectivity index (χ2v) is 4.67. The number of aliphatic carboxylic acids is 2. The number of rotatable bonds is 5. The average molecular weight is 281 g/mol. The minimum Gasteiger partial charge on any atom is -0.481 e. The first-order chi connectivity index (χ1) is 9.41. The minimum atomic E-state index is -1.22. The molecule has 1 aliphatic rings. The Morgan fingerprint density at radius 3 is 1.75 bits per heavy atom. The van der Waals surface area contributed by atoms with E-state index in [1.807, 2.05) is 0 Å². The van der Waals surface area contributed by atoms with Gasteiger partial charge in [0.1, 0.15) is 12.5 Å². The van der Waals surface area contributed by atoms with Crippen LogP contribution in [0, 0.1) is 0 Å². The molecular formula is C13H15NO6. The molecular weight excluding hydrogens is 266 g/mol. The topological polar surface area (TPSA) is 118 Å². The molecule has 1 aliphatic heterocycles. The third-order valence-electron chi connectivity index (χ3n) is 3.36. The van der Waals surface area contributed by atoms with Gasteiger partial charge in [0.25, 0.3) is 0 Å². The lowest BCUT2D eigenvalue weighted by Gasteiger charge is -2.31. The number of aliphatic hydroxyl groups is 2. The van der Waals surface area contributed by atoms with Crippen LogP contribution in [0.5, 0.6) is 0 Å². The van der Waals surface area contributed by atoms with Crippen molar-refractivity contribution in [3.8, 4) is 0 Å². The van der Waals surface area contributed by atoms with E-state index < -0.39 is 43.3 Å². The maximum Gasteiger partial charge on any atom is 0.304 e. The van der Waals surface area contributed by atoms with Crippen LogP contribution in [-0.2, 0) is 9.59 Å². The van der Waals surface area contributed by atoms with Crippen molar-refractivity contribution in [3.63, 3.8) is 0 Å². The fourth-order valence-electron chi connectivity index (χ4n) is 2.52. The molecule has 4 N–H and O–H groups in total. The summed E-state index contributed by atoms with van der Waals surface area (Å²) in [6.07, 6.45) is -3.39. The van der Waals surface area contributed by atoms with Crippen LogP contribution in [0.2, 0.25) is 0 Å². The summed E-state index contributed by atoms with van der Waals surface area (Å²) < 4.78 is 0. The van der Waals surface area contributed by atoms with Gasteiger partial charge < -0.3 is 20.4 Å². The molecule has 1 aromatic rings. The zero-order valence-corrected chi connectivity index (χ0v) is 10.5. The number of hydrogen-bond donors (Lipinski definition) is 4. The highest BCUT2D eigenvalue weighted by molar-refractivity contribution is 5.71. The zero-order valence-electron chi connectivity index (χ0n) is 10.5. The lowest BCUT2D eigenvalue weighted by Crippen LogP contribution is -2.39. The highest BCUT2D eigenvalue weighted by atomic mass is 16.4. The van der Waals surface area contributed by atoms with Gasteiger partial charge in [-0.3, -0.25) is 9.59 Å². The molecule has 2 unspecified atom stereocenters. The highest BCUT2D eigenvalue weighted by Gasteiger charge is 2.41. The molecule has 0 radical (unpaired) electrons. The summed E-state index contributed by atoms with van der Waals surface area (Å²) in [6.45, 7) is 0. The van der Waals surface area contributed by atoms with Crippen LogP contribution < -0.4 is 0 Å². The van der Waals surface area contributed by atoms with Crippen LogP contribution in [0.3, 0.4) is 0 Å². The molecule has 0 aromatic heterocycles. The molecule has 0 amide bonds. The molecule has 0 saturated carbocycles. The molecule has 0 fully saturated rings. The Morgan fingerprint density at radius 1 is 1.00 bits per heavy atom. The molecule has 2 rings (SSSR count). The standard InChI is InChI=1S/C13H15NO6/c15-10(16)5-7(6-11(17)18)14-12(19)8-3-1-2-4-9(8)13(14)20/h1-4,7,12-13,19-20H,5-6H2,(H,15,16)(H,17,18). The van der Waals surface area contributed by atoms with Crippen molar-refractivity contribution in [2.24, 2.45) is 0 Å². The maximum absolute atomic E-state index is 10.9. The van der Waals surface area contributed by atoms with E-state index in [4.69, 9.17) is 10.2 Å².